The fourth-order valence-corrected chi connectivity index (χ4v) is 2.00. The van der Waals surface area contributed by atoms with Gasteiger partial charge < -0.3 is 9.90 Å². The van der Waals surface area contributed by atoms with Crippen LogP contribution in [0.15, 0.2) is 29.5 Å². The fourth-order valence-electron chi connectivity index (χ4n) is 2.00. The molecule has 18 heavy (non-hydrogen) atoms. The van der Waals surface area contributed by atoms with Crippen molar-refractivity contribution in [3.63, 3.8) is 0 Å². The molecule has 2 N–H and O–H groups in total. The minimum atomic E-state index is -1.12. The highest BCUT2D eigenvalue weighted by Crippen LogP contribution is 2.21. The van der Waals surface area contributed by atoms with Gasteiger partial charge in [-0.1, -0.05) is 25.5 Å². The van der Waals surface area contributed by atoms with E-state index in [9.17, 15) is 9.90 Å². The molecule has 0 saturated carbocycles. The number of aliphatic carboxylic acids is 1. The Morgan fingerprint density at radius 3 is 2.89 bits per heavy atom. The van der Waals surface area contributed by atoms with Gasteiger partial charge >= 0.3 is 0 Å². The Hall–Kier alpha value is -1.46. The van der Waals surface area contributed by atoms with Crippen LogP contribution < -0.4 is 10.8 Å². The summed E-state index contributed by atoms with van der Waals surface area (Å²) in [5, 5.41) is 10.9. The molecular weight excluding hydrogens is 230 g/mol. The van der Waals surface area contributed by atoms with Crippen molar-refractivity contribution < 1.29 is 14.4 Å². The number of allylic oxidation sites excluding steroid dienone is 1. The highest BCUT2D eigenvalue weighted by atomic mass is 16.4. The van der Waals surface area contributed by atoms with E-state index in [2.05, 4.69) is 18.0 Å². The number of nitrogens with two attached hydrogens (primary N) is 1. The number of amidine groups is 1. The summed E-state index contributed by atoms with van der Waals surface area (Å²) in [6.07, 6.45) is 9.79. The normalized spacial score (nSPS) is 24.5. The molecule has 0 aromatic rings. The Morgan fingerprint density at radius 2 is 2.33 bits per heavy atom. The third-order valence-corrected chi connectivity index (χ3v) is 3.08. The zero-order valence-electron chi connectivity index (χ0n) is 11.0. The molecule has 0 saturated heterocycles. The summed E-state index contributed by atoms with van der Waals surface area (Å²) in [7, 11) is 0. The molecule has 2 unspecified atom stereocenters. The van der Waals surface area contributed by atoms with Gasteiger partial charge in [-0.05, 0) is 6.42 Å². The first kappa shape index (κ1) is 14.6. The van der Waals surface area contributed by atoms with Crippen molar-refractivity contribution in [2.45, 2.75) is 39.3 Å². The summed E-state index contributed by atoms with van der Waals surface area (Å²) >= 11 is 0. The van der Waals surface area contributed by atoms with Crippen LogP contribution in [0, 0.1) is 0 Å². The number of unbranched alkanes of at least 4 members (excludes halogenated alkanes) is 1. The molecular formula is C13H21N3O2. The lowest BCUT2D eigenvalue weighted by molar-refractivity contribution is -0.807. The summed E-state index contributed by atoms with van der Waals surface area (Å²) in [6, 6.07) is 0. The Labute approximate surface area is 108 Å². The number of carbonyl (C=O) groups excluding carboxylic acids is 1. The van der Waals surface area contributed by atoms with Gasteiger partial charge in [-0.15, -0.1) is 0 Å². The Kier molecular flexibility index (Phi) is 5.25. The fraction of sp³-hybridized carbons (Fsp3) is 0.538. The molecule has 0 spiro atoms. The second-order valence-corrected chi connectivity index (χ2v) is 4.51. The number of nitrogens with zero attached hydrogens (tertiary/aromatic N) is 2. The van der Waals surface area contributed by atoms with Gasteiger partial charge in [-0.2, -0.15) is 0 Å². The average Bonchev–Trinajstić information content (AvgIpc) is 2.68. The van der Waals surface area contributed by atoms with Crippen molar-refractivity contribution in [3.05, 3.63) is 24.6 Å². The number of rotatable bonds is 7. The van der Waals surface area contributed by atoms with E-state index < -0.39 is 5.97 Å². The van der Waals surface area contributed by atoms with Crippen LogP contribution in [0.3, 0.4) is 0 Å². The molecule has 5 heteroatoms. The van der Waals surface area contributed by atoms with E-state index in [1.807, 2.05) is 6.08 Å². The van der Waals surface area contributed by atoms with Gasteiger partial charge in [0.25, 0.3) is 0 Å². The molecule has 0 aromatic heterocycles. The third-order valence-electron chi connectivity index (χ3n) is 3.08. The third kappa shape index (κ3) is 3.27. The number of carboxylic acids is 1. The molecule has 0 amide bonds. The van der Waals surface area contributed by atoms with Crippen molar-refractivity contribution in [3.8, 4) is 0 Å². The lowest BCUT2D eigenvalue weighted by Crippen LogP contribution is -2.60. The second-order valence-electron chi connectivity index (χ2n) is 4.51. The van der Waals surface area contributed by atoms with Crippen molar-refractivity contribution >= 4 is 11.8 Å². The molecule has 0 aliphatic carbocycles. The van der Waals surface area contributed by atoms with Crippen molar-refractivity contribution in [2.75, 3.05) is 6.54 Å². The topological polar surface area (TPSA) is 78.5 Å². The predicted molar refractivity (Wildman–Crippen MR) is 69.0 cm³/mol. The monoisotopic (exact) mass is 251 g/mol. The maximum Gasteiger partial charge on any atom is 0.213 e. The molecule has 5 nitrogen and oxygen atoms in total. The van der Waals surface area contributed by atoms with Gasteiger partial charge in [-0.3, -0.25) is 5.73 Å². The van der Waals surface area contributed by atoms with Crippen LogP contribution in [0.2, 0.25) is 0 Å². The largest absolute Gasteiger partial charge is 0.544 e. The van der Waals surface area contributed by atoms with Crippen molar-refractivity contribution in [2.24, 2.45) is 10.7 Å². The Bertz CT molecular complexity index is 386. The van der Waals surface area contributed by atoms with Crippen LogP contribution >= 0.6 is 0 Å². The molecule has 1 aliphatic rings. The van der Waals surface area contributed by atoms with Crippen LogP contribution in [0.5, 0.6) is 0 Å². The molecule has 1 aliphatic heterocycles. The van der Waals surface area contributed by atoms with E-state index in [0.717, 1.165) is 18.7 Å². The summed E-state index contributed by atoms with van der Waals surface area (Å²) in [4.78, 5) is 15.1. The first-order valence-corrected chi connectivity index (χ1v) is 6.25. The van der Waals surface area contributed by atoms with E-state index in [1.165, 1.54) is 0 Å². The SMILES string of the molecule is CCC/C=C/CC1=NC=C[N+]1(CC(=O)[O-])C(C)N. The van der Waals surface area contributed by atoms with Gasteiger partial charge in [0, 0.05) is 6.92 Å². The van der Waals surface area contributed by atoms with Gasteiger partial charge in [-0.25, -0.2) is 9.48 Å². The Morgan fingerprint density at radius 1 is 1.61 bits per heavy atom. The number of carboxylic acid groups (broad SMARTS) is 1. The van der Waals surface area contributed by atoms with E-state index in [-0.39, 0.29) is 17.2 Å². The smallest absolute Gasteiger partial charge is 0.213 e. The molecule has 0 radical (unpaired) electrons. The van der Waals surface area contributed by atoms with Gasteiger partial charge in [0.2, 0.25) is 5.84 Å². The molecule has 1 rings (SSSR count). The predicted octanol–water partition coefficient (Wildman–Crippen LogP) is 0.488. The van der Waals surface area contributed by atoms with Gasteiger partial charge in [0.1, 0.15) is 18.9 Å². The lowest BCUT2D eigenvalue weighted by Gasteiger charge is -2.35. The van der Waals surface area contributed by atoms with Crippen LogP contribution in [0.4, 0.5) is 0 Å². The van der Waals surface area contributed by atoms with Crippen LogP contribution in [-0.4, -0.2) is 29.0 Å². The standard InChI is InChI=1S/C13H21N3O2/c1-3-4-5-6-7-12-15-8-9-16(12,11(2)14)10-13(17)18/h5-6,8-9,11H,3-4,7,10,14H2,1-2H3/b6-5+. The molecule has 0 bridgehead atoms. The van der Waals surface area contributed by atoms with Crippen molar-refractivity contribution in [1.82, 2.24) is 0 Å². The van der Waals surface area contributed by atoms with Crippen molar-refractivity contribution in [1.29, 1.82) is 0 Å². The van der Waals surface area contributed by atoms with E-state index >= 15 is 0 Å². The molecule has 2 atom stereocenters. The van der Waals surface area contributed by atoms with Crippen LogP contribution in [0.1, 0.15) is 33.1 Å². The lowest BCUT2D eigenvalue weighted by atomic mass is 10.2. The second kappa shape index (κ2) is 6.47. The zero-order chi connectivity index (χ0) is 13.6. The van der Waals surface area contributed by atoms with E-state index in [0.29, 0.717) is 6.42 Å². The maximum absolute atomic E-state index is 10.9. The number of carbonyl (C=O) groups is 1. The number of aliphatic imine (C=N–C) groups is 1. The number of quaternary nitrogens is 1. The first-order chi connectivity index (χ1) is 8.53. The Balaban J connectivity index is 2.80. The first-order valence-electron chi connectivity index (χ1n) is 6.25. The highest BCUT2D eigenvalue weighted by Gasteiger charge is 2.38. The highest BCUT2D eigenvalue weighted by molar-refractivity contribution is 5.82. The summed E-state index contributed by atoms with van der Waals surface area (Å²) in [5.74, 6) is -0.370. The quantitative estimate of drug-likeness (QED) is 0.528. The summed E-state index contributed by atoms with van der Waals surface area (Å²) in [6.45, 7) is 3.72. The molecule has 100 valence electrons. The average molecular weight is 251 g/mol. The van der Waals surface area contributed by atoms with Crippen LogP contribution in [0.25, 0.3) is 0 Å². The minimum absolute atomic E-state index is 0.0544. The molecule has 0 aromatic carbocycles. The van der Waals surface area contributed by atoms with Crippen LogP contribution in [-0.2, 0) is 4.79 Å². The van der Waals surface area contributed by atoms with Gasteiger partial charge in [0.15, 0.2) is 0 Å². The summed E-state index contributed by atoms with van der Waals surface area (Å²) in [5.41, 5.74) is 5.93. The van der Waals surface area contributed by atoms with E-state index in [1.54, 1.807) is 19.3 Å². The molecule has 0 fully saturated rings. The summed E-state index contributed by atoms with van der Waals surface area (Å²) < 4.78 is 0.0544. The number of hydrogen-bond acceptors (Lipinski definition) is 4. The van der Waals surface area contributed by atoms with E-state index in [4.69, 9.17) is 5.73 Å². The zero-order valence-corrected chi connectivity index (χ0v) is 11.0. The molecule has 1 heterocycles. The maximum atomic E-state index is 10.9. The van der Waals surface area contributed by atoms with Gasteiger partial charge in [0.05, 0.1) is 18.6 Å². The minimum Gasteiger partial charge on any atom is -0.544 e. The number of hydrogen-bond donors (Lipinski definition) is 1.